The van der Waals surface area contributed by atoms with Crippen LogP contribution in [-0.4, -0.2) is 10.2 Å². The molecule has 0 radical (unpaired) electrons. The molecule has 0 saturated heterocycles. The molecule has 37 heavy (non-hydrogen) atoms. The van der Waals surface area contributed by atoms with Crippen molar-refractivity contribution in [3.63, 3.8) is 0 Å². The summed E-state index contributed by atoms with van der Waals surface area (Å²) in [6.07, 6.45) is 0. The molecule has 6 rings (SSSR count). The zero-order chi connectivity index (χ0) is 25.5. The minimum Gasteiger partial charge on any atom is -0.507 e. The van der Waals surface area contributed by atoms with Crippen molar-refractivity contribution >= 4 is 45.4 Å². The number of aryl methyl sites for hydroxylation is 2. The smallest absolute Gasteiger partial charge is 0.132 e. The topological polar surface area (TPSA) is 40.5 Å². The number of aromatic hydroxyl groups is 2. The molecule has 0 heterocycles. The van der Waals surface area contributed by atoms with Crippen LogP contribution in [-0.2, 0) is 0 Å². The molecule has 0 aliphatic rings. The van der Waals surface area contributed by atoms with Crippen molar-refractivity contribution in [3.8, 4) is 22.6 Å². The third-order valence-electron chi connectivity index (χ3n) is 6.98. The first kappa shape index (κ1) is 23.3. The average molecular weight is 499 g/mol. The second-order valence-corrected chi connectivity index (χ2v) is 11.7. The Kier molecular flexibility index (Phi) is 5.91. The van der Waals surface area contributed by atoms with Crippen molar-refractivity contribution in [2.45, 2.75) is 13.8 Å². The lowest BCUT2D eigenvalue weighted by Gasteiger charge is -2.24. The van der Waals surface area contributed by atoms with E-state index in [1.54, 1.807) is 6.07 Å². The van der Waals surface area contributed by atoms with E-state index in [9.17, 15) is 10.2 Å². The summed E-state index contributed by atoms with van der Waals surface area (Å²) in [6, 6.07) is 39.1. The zero-order valence-electron chi connectivity index (χ0n) is 20.8. The fraction of sp³-hybridized carbons (Fsp3) is 0.0588. The molecular formula is C34H27O2P. The minimum atomic E-state index is -1.06. The molecule has 0 spiro atoms. The average Bonchev–Trinajstić information content (AvgIpc) is 2.92. The molecule has 0 aromatic heterocycles. The lowest BCUT2D eigenvalue weighted by atomic mass is 9.92. The Hall–Kier alpha value is -4.13. The van der Waals surface area contributed by atoms with Gasteiger partial charge < -0.3 is 10.2 Å². The fourth-order valence-corrected chi connectivity index (χ4v) is 7.42. The lowest BCUT2D eigenvalue weighted by molar-refractivity contribution is 0.472. The van der Waals surface area contributed by atoms with E-state index in [4.69, 9.17) is 0 Å². The summed E-state index contributed by atoms with van der Waals surface area (Å²) in [6.45, 7) is 4.18. The highest BCUT2D eigenvalue weighted by Crippen LogP contribution is 2.47. The van der Waals surface area contributed by atoms with Gasteiger partial charge in [-0.15, -0.1) is 0 Å². The summed E-state index contributed by atoms with van der Waals surface area (Å²) in [7, 11) is -1.06. The monoisotopic (exact) mass is 498 g/mol. The van der Waals surface area contributed by atoms with Crippen LogP contribution < -0.4 is 15.9 Å². The van der Waals surface area contributed by atoms with E-state index < -0.39 is 7.92 Å². The van der Waals surface area contributed by atoms with Gasteiger partial charge in [-0.3, -0.25) is 0 Å². The van der Waals surface area contributed by atoms with E-state index in [-0.39, 0.29) is 11.5 Å². The van der Waals surface area contributed by atoms with Gasteiger partial charge in [0.25, 0.3) is 0 Å². The standard InChI is InChI=1S/C34H27O2P/c1-22-11-16-26(17-12-22)37(27-18-13-23(2)14-19-27)31-21-25-8-4-6-10-29(25)33(34(31)36)32-28-9-5-3-7-24(28)15-20-30(32)35/h3-21,35-36H,1-2H3. The molecular weight excluding hydrogens is 471 g/mol. The summed E-state index contributed by atoms with van der Waals surface area (Å²) >= 11 is 0. The van der Waals surface area contributed by atoms with Crippen LogP contribution >= 0.6 is 7.92 Å². The van der Waals surface area contributed by atoms with Gasteiger partial charge in [-0.2, -0.15) is 0 Å². The number of benzene rings is 6. The quantitative estimate of drug-likeness (QED) is 0.248. The first-order valence-corrected chi connectivity index (χ1v) is 13.7. The van der Waals surface area contributed by atoms with Crippen LogP contribution in [0.5, 0.6) is 11.5 Å². The normalized spacial score (nSPS) is 11.4. The third-order valence-corrected chi connectivity index (χ3v) is 9.44. The van der Waals surface area contributed by atoms with E-state index in [1.807, 2.05) is 48.5 Å². The number of fused-ring (bicyclic) bond motifs is 2. The lowest BCUT2D eigenvalue weighted by Crippen LogP contribution is -2.21. The molecule has 0 amide bonds. The summed E-state index contributed by atoms with van der Waals surface area (Å²) < 4.78 is 0. The fourth-order valence-electron chi connectivity index (χ4n) is 5.08. The van der Waals surface area contributed by atoms with Crippen LogP contribution in [0.1, 0.15) is 11.1 Å². The molecule has 2 N–H and O–H groups in total. The van der Waals surface area contributed by atoms with Crippen LogP contribution in [0.15, 0.2) is 115 Å². The van der Waals surface area contributed by atoms with Gasteiger partial charge in [0.1, 0.15) is 11.5 Å². The Morgan fingerprint density at radius 3 is 1.62 bits per heavy atom. The highest BCUT2D eigenvalue weighted by Gasteiger charge is 2.26. The van der Waals surface area contributed by atoms with E-state index in [1.165, 1.54) is 21.7 Å². The molecule has 0 aliphatic heterocycles. The van der Waals surface area contributed by atoms with Crippen LogP contribution in [0.2, 0.25) is 0 Å². The first-order valence-electron chi connectivity index (χ1n) is 12.4. The second kappa shape index (κ2) is 9.39. The second-order valence-electron chi connectivity index (χ2n) is 9.53. The first-order chi connectivity index (χ1) is 18.0. The Morgan fingerprint density at radius 1 is 0.514 bits per heavy atom. The van der Waals surface area contributed by atoms with Crippen LogP contribution in [0.25, 0.3) is 32.7 Å². The van der Waals surface area contributed by atoms with Crippen molar-refractivity contribution in [2.24, 2.45) is 0 Å². The molecule has 6 aromatic carbocycles. The predicted octanol–water partition coefficient (Wildman–Crippen LogP) is 7.45. The SMILES string of the molecule is Cc1ccc(P(c2ccc(C)cc2)c2cc3ccccc3c(-c3c(O)ccc4ccccc34)c2O)cc1. The summed E-state index contributed by atoms with van der Waals surface area (Å²) in [5.41, 5.74) is 3.74. The highest BCUT2D eigenvalue weighted by atomic mass is 31.1. The molecule has 0 unspecified atom stereocenters. The Morgan fingerprint density at radius 2 is 1.03 bits per heavy atom. The summed E-state index contributed by atoms with van der Waals surface area (Å²) in [4.78, 5) is 0. The van der Waals surface area contributed by atoms with Gasteiger partial charge in [0.15, 0.2) is 0 Å². The molecule has 0 bridgehead atoms. The van der Waals surface area contributed by atoms with Crippen LogP contribution in [0, 0.1) is 13.8 Å². The van der Waals surface area contributed by atoms with Gasteiger partial charge in [0, 0.05) is 16.4 Å². The van der Waals surface area contributed by atoms with Gasteiger partial charge in [-0.1, -0.05) is 114 Å². The van der Waals surface area contributed by atoms with Crippen LogP contribution in [0.4, 0.5) is 0 Å². The third kappa shape index (κ3) is 4.14. The van der Waals surface area contributed by atoms with E-state index in [0.29, 0.717) is 11.1 Å². The molecule has 2 nitrogen and oxygen atoms in total. The Balaban J connectivity index is 1.72. The molecule has 6 aromatic rings. The Bertz CT molecular complexity index is 1710. The highest BCUT2D eigenvalue weighted by molar-refractivity contribution is 7.80. The van der Waals surface area contributed by atoms with Gasteiger partial charge in [-0.05, 0) is 66.1 Å². The maximum Gasteiger partial charge on any atom is 0.132 e. The van der Waals surface area contributed by atoms with Crippen LogP contribution in [0.3, 0.4) is 0 Å². The maximum absolute atomic E-state index is 12.1. The Labute approximate surface area is 218 Å². The van der Waals surface area contributed by atoms with Crippen molar-refractivity contribution in [2.75, 3.05) is 0 Å². The van der Waals surface area contributed by atoms with E-state index in [0.717, 1.165) is 26.8 Å². The zero-order valence-corrected chi connectivity index (χ0v) is 21.7. The predicted molar refractivity (Wildman–Crippen MR) is 158 cm³/mol. The number of hydrogen-bond acceptors (Lipinski definition) is 2. The number of rotatable bonds is 4. The molecule has 180 valence electrons. The number of phenols is 2. The van der Waals surface area contributed by atoms with E-state index >= 15 is 0 Å². The van der Waals surface area contributed by atoms with E-state index in [2.05, 4.69) is 74.5 Å². The van der Waals surface area contributed by atoms with Crippen molar-refractivity contribution in [1.29, 1.82) is 0 Å². The summed E-state index contributed by atoms with van der Waals surface area (Å²) in [5, 5.41) is 30.4. The molecule has 0 aliphatic carbocycles. The van der Waals surface area contributed by atoms with Gasteiger partial charge in [0.05, 0.1) is 0 Å². The molecule has 0 saturated carbocycles. The number of phenolic OH excluding ortho intramolecular Hbond substituents is 2. The molecule has 3 heteroatoms. The maximum atomic E-state index is 12.1. The van der Waals surface area contributed by atoms with Crippen molar-refractivity contribution < 1.29 is 10.2 Å². The molecule has 0 atom stereocenters. The summed E-state index contributed by atoms with van der Waals surface area (Å²) in [5.74, 6) is 0.379. The minimum absolute atomic E-state index is 0.159. The van der Waals surface area contributed by atoms with Crippen molar-refractivity contribution in [3.05, 3.63) is 126 Å². The van der Waals surface area contributed by atoms with Crippen molar-refractivity contribution in [1.82, 2.24) is 0 Å². The van der Waals surface area contributed by atoms with Gasteiger partial charge in [-0.25, -0.2) is 0 Å². The largest absolute Gasteiger partial charge is 0.507 e. The number of hydrogen-bond donors (Lipinski definition) is 2. The van der Waals surface area contributed by atoms with Gasteiger partial charge >= 0.3 is 0 Å². The molecule has 0 fully saturated rings. The van der Waals surface area contributed by atoms with Gasteiger partial charge in [0.2, 0.25) is 0 Å².